The Hall–Kier alpha value is -0.900. The molecule has 0 spiro atoms. The van der Waals surface area contributed by atoms with Crippen LogP contribution in [0.1, 0.15) is 65.6 Å². The lowest BCUT2D eigenvalue weighted by molar-refractivity contribution is 0.265. The van der Waals surface area contributed by atoms with Crippen molar-refractivity contribution in [1.82, 2.24) is 25.7 Å². The maximum atomic E-state index is 5.29. The van der Waals surface area contributed by atoms with E-state index < -0.39 is 0 Å². The summed E-state index contributed by atoms with van der Waals surface area (Å²) in [6.07, 6.45) is 1.66. The molecule has 8 heteroatoms. The van der Waals surface area contributed by atoms with E-state index in [0.29, 0.717) is 29.8 Å². The van der Waals surface area contributed by atoms with Crippen LogP contribution in [0.15, 0.2) is 9.52 Å². The van der Waals surface area contributed by atoms with Crippen LogP contribution in [0.25, 0.3) is 0 Å². The number of hydrogen-bond donors (Lipinski definition) is 2. The molecule has 27 heavy (non-hydrogen) atoms. The van der Waals surface area contributed by atoms with E-state index in [2.05, 4.69) is 67.2 Å². The smallest absolute Gasteiger partial charge is 0.226 e. The molecule has 1 saturated heterocycles. The molecule has 1 aromatic heterocycles. The van der Waals surface area contributed by atoms with E-state index in [0.717, 1.165) is 50.8 Å². The molecule has 2 rings (SSSR count). The largest absolute Gasteiger partial charge is 0.357 e. The molecule has 0 bridgehead atoms. The van der Waals surface area contributed by atoms with Gasteiger partial charge in [0.2, 0.25) is 5.89 Å². The van der Waals surface area contributed by atoms with Crippen molar-refractivity contribution < 1.29 is 4.52 Å². The number of guanidine groups is 1. The number of nitrogens with zero attached hydrogens (tertiary/aromatic N) is 4. The van der Waals surface area contributed by atoms with Gasteiger partial charge in [-0.3, -0.25) is 9.89 Å². The Bertz CT molecular complexity index is 574. The predicted molar refractivity (Wildman–Crippen MR) is 121 cm³/mol. The number of nitrogens with one attached hydrogen (secondary N) is 2. The molecule has 2 N–H and O–H groups in total. The fourth-order valence-corrected chi connectivity index (χ4v) is 3.13. The zero-order valence-corrected chi connectivity index (χ0v) is 20.0. The van der Waals surface area contributed by atoms with E-state index in [1.165, 1.54) is 0 Å². The maximum Gasteiger partial charge on any atom is 0.226 e. The Balaban J connectivity index is 0.00000364. The first-order chi connectivity index (χ1) is 12.4. The van der Waals surface area contributed by atoms with Crippen LogP contribution in [-0.4, -0.2) is 59.3 Å². The molecule has 7 nitrogen and oxygen atoms in total. The van der Waals surface area contributed by atoms with Gasteiger partial charge in [-0.15, -0.1) is 24.0 Å². The summed E-state index contributed by atoms with van der Waals surface area (Å²) in [5.41, 5.74) is 0. The zero-order valence-electron chi connectivity index (χ0n) is 17.7. The van der Waals surface area contributed by atoms with Crippen molar-refractivity contribution in [1.29, 1.82) is 0 Å². The van der Waals surface area contributed by atoms with E-state index in [1.54, 1.807) is 0 Å². The van der Waals surface area contributed by atoms with Crippen LogP contribution >= 0.6 is 24.0 Å². The van der Waals surface area contributed by atoms with Gasteiger partial charge in [0.1, 0.15) is 0 Å². The highest BCUT2D eigenvalue weighted by Gasteiger charge is 2.31. The van der Waals surface area contributed by atoms with Gasteiger partial charge in [-0.2, -0.15) is 4.98 Å². The fraction of sp³-hybridized carbons (Fsp3) is 0.842. The van der Waals surface area contributed by atoms with Crippen molar-refractivity contribution in [2.45, 2.75) is 72.4 Å². The van der Waals surface area contributed by atoms with Crippen molar-refractivity contribution in [3.8, 4) is 0 Å². The maximum absolute atomic E-state index is 5.29. The van der Waals surface area contributed by atoms with Crippen LogP contribution < -0.4 is 10.6 Å². The normalized spacial score (nSPS) is 21.0. The number of halogens is 1. The molecule has 156 valence electrons. The van der Waals surface area contributed by atoms with Gasteiger partial charge in [-0.05, 0) is 33.1 Å². The summed E-state index contributed by atoms with van der Waals surface area (Å²) in [6.45, 7) is 16.9. The number of hydrogen-bond acceptors (Lipinski definition) is 5. The van der Waals surface area contributed by atoms with Gasteiger partial charge in [0.05, 0.1) is 0 Å². The highest BCUT2D eigenvalue weighted by atomic mass is 127. The summed E-state index contributed by atoms with van der Waals surface area (Å²) in [7, 11) is 0. The minimum absolute atomic E-state index is 0. The van der Waals surface area contributed by atoms with Gasteiger partial charge in [-0.1, -0.05) is 25.9 Å². The van der Waals surface area contributed by atoms with Crippen molar-refractivity contribution >= 4 is 29.9 Å². The Morgan fingerprint density at radius 2 is 2.04 bits per heavy atom. The van der Waals surface area contributed by atoms with Gasteiger partial charge >= 0.3 is 0 Å². The monoisotopic (exact) mass is 492 g/mol. The molecule has 0 aliphatic carbocycles. The van der Waals surface area contributed by atoms with Crippen molar-refractivity contribution in [3.63, 3.8) is 0 Å². The van der Waals surface area contributed by atoms with Gasteiger partial charge in [0.15, 0.2) is 11.8 Å². The summed E-state index contributed by atoms with van der Waals surface area (Å²) in [5, 5.41) is 11.0. The summed E-state index contributed by atoms with van der Waals surface area (Å²) in [4.78, 5) is 11.7. The molecule has 2 atom stereocenters. The Kier molecular flexibility index (Phi) is 10.6. The molecular formula is C19H37IN6O. The lowest BCUT2D eigenvalue weighted by atomic mass is 10.1. The number of rotatable bonds is 8. The average molecular weight is 492 g/mol. The SMILES string of the molecule is CCNC(=NCCCc1nc(C(C)C)no1)NC1CN(C(C)C)CC1C.I. The molecule has 1 fully saturated rings. The van der Waals surface area contributed by atoms with E-state index in [-0.39, 0.29) is 24.0 Å². The molecule has 2 unspecified atom stereocenters. The van der Waals surface area contributed by atoms with Gasteiger partial charge in [0.25, 0.3) is 0 Å². The summed E-state index contributed by atoms with van der Waals surface area (Å²) in [6, 6.07) is 1.04. The number of aromatic nitrogens is 2. The Labute approximate surface area is 181 Å². The van der Waals surface area contributed by atoms with E-state index in [4.69, 9.17) is 9.52 Å². The zero-order chi connectivity index (χ0) is 19.1. The first-order valence-electron chi connectivity index (χ1n) is 10.0. The highest BCUT2D eigenvalue weighted by Crippen LogP contribution is 2.18. The molecule has 1 aliphatic rings. The molecule has 0 saturated carbocycles. The Morgan fingerprint density at radius 3 is 2.59 bits per heavy atom. The van der Waals surface area contributed by atoms with E-state index in [9.17, 15) is 0 Å². The number of likely N-dealkylation sites (tertiary alicyclic amines) is 1. The quantitative estimate of drug-likeness (QED) is 0.252. The highest BCUT2D eigenvalue weighted by molar-refractivity contribution is 14.0. The lowest BCUT2D eigenvalue weighted by Gasteiger charge is -2.21. The molecule has 0 amide bonds. The topological polar surface area (TPSA) is 78.6 Å². The van der Waals surface area contributed by atoms with Crippen molar-refractivity contribution in [2.24, 2.45) is 10.9 Å². The van der Waals surface area contributed by atoms with Crippen LogP contribution in [-0.2, 0) is 6.42 Å². The third kappa shape index (κ3) is 7.56. The minimum atomic E-state index is 0. The fourth-order valence-electron chi connectivity index (χ4n) is 3.13. The first kappa shape index (κ1) is 24.1. The van der Waals surface area contributed by atoms with Crippen LogP contribution in [0.3, 0.4) is 0 Å². The van der Waals surface area contributed by atoms with Crippen LogP contribution in [0.4, 0.5) is 0 Å². The number of aliphatic imine (C=N–C) groups is 1. The standard InChI is InChI=1S/C19H36N6O.HI/c1-7-20-19(22-16-12-25(14(4)5)11-15(16)6)21-10-8-9-17-23-18(13(2)3)24-26-17;/h13-16H,7-12H2,1-6H3,(H2,20,21,22);1H. The molecule has 0 aromatic carbocycles. The third-order valence-corrected chi connectivity index (χ3v) is 4.86. The second-order valence-electron chi connectivity index (χ2n) is 7.84. The molecule has 1 aliphatic heterocycles. The van der Waals surface area contributed by atoms with Crippen LogP contribution in [0.2, 0.25) is 0 Å². The molecule has 0 radical (unpaired) electrons. The van der Waals surface area contributed by atoms with Gasteiger partial charge in [0, 0.05) is 50.6 Å². The van der Waals surface area contributed by atoms with Crippen LogP contribution in [0.5, 0.6) is 0 Å². The van der Waals surface area contributed by atoms with Gasteiger partial charge in [-0.25, -0.2) is 0 Å². The molecular weight excluding hydrogens is 455 g/mol. The van der Waals surface area contributed by atoms with Crippen molar-refractivity contribution in [2.75, 3.05) is 26.2 Å². The molecule has 1 aromatic rings. The summed E-state index contributed by atoms with van der Waals surface area (Å²) >= 11 is 0. The first-order valence-corrected chi connectivity index (χ1v) is 10.0. The van der Waals surface area contributed by atoms with Gasteiger partial charge < -0.3 is 15.2 Å². The minimum Gasteiger partial charge on any atom is -0.357 e. The van der Waals surface area contributed by atoms with E-state index in [1.807, 2.05) is 0 Å². The summed E-state index contributed by atoms with van der Waals surface area (Å²) < 4.78 is 5.29. The summed E-state index contributed by atoms with van der Waals surface area (Å²) in [5.74, 6) is 3.31. The predicted octanol–water partition coefficient (Wildman–Crippen LogP) is 3.03. The van der Waals surface area contributed by atoms with E-state index >= 15 is 0 Å². The average Bonchev–Trinajstić information content (AvgIpc) is 3.19. The molecule has 2 heterocycles. The third-order valence-electron chi connectivity index (χ3n) is 4.86. The second kappa shape index (κ2) is 11.8. The van der Waals surface area contributed by atoms with Crippen LogP contribution in [0, 0.1) is 5.92 Å². The van der Waals surface area contributed by atoms with Crippen molar-refractivity contribution in [3.05, 3.63) is 11.7 Å². The number of aryl methyl sites for hydroxylation is 1. The lowest BCUT2D eigenvalue weighted by Crippen LogP contribution is -2.46. The second-order valence-corrected chi connectivity index (χ2v) is 7.84. The Morgan fingerprint density at radius 1 is 1.30 bits per heavy atom.